The fourth-order valence-electron chi connectivity index (χ4n) is 4.71. The highest BCUT2D eigenvalue weighted by Gasteiger charge is 2.34. The molecule has 1 aliphatic rings. The molecule has 0 saturated carbocycles. The van der Waals surface area contributed by atoms with E-state index in [-0.39, 0.29) is 24.4 Å². The summed E-state index contributed by atoms with van der Waals surface area (Å²) in [6.45, 7) is 4.05. The summed E-state index contributed by atoms with van der Waals surface area (Å²) in [6.07, 6.45) is -0.721. The minimum absolute atomic E-state index is 0.00684. The topological polar surface area (TPSA) is 75.6 Å². The Morgan fingerprint density at radius 1 is 0.875 bits per heavy atom. The maximum absolute atomic E-state index is 12.7. The molecule has 0 saturated heterocycles. The molecule has 164 valence electrons. The molecule has 3 aromatic rings. The molecule has 5 nitrogen and oxygen atoms in total. The molecule has 1 aliphatic carbocycles. The van der Waals surface area contributed by atoms with Gasteiger partial charge in [-0.25, -0.2) is 9.59 Å². The van der Waals surface area contributed by atoms with Gasteiger partial charge in [-0.15, -0.1) is 0 Å². The average Bonchev–Trinajstić information content (AvgIpc) is 3.11. The second kappa shape index (κ2) is 9.27. The molecule has 0 aromatic heterocycles. The van der Waals surface area contributed by atoms with Crippen molar-refractivity contribution in [3.05, 3.63) is 95.6 Å². The molecule has 2 unspecified atom stereocenters. The SMILES string of the molecule is CC(C)C(c1ccccc1)C(NC(=O)OCC1c2ccccc2-c2ccccc21)C(=O)O. The summed E-state index contributed by atoms with van der Waals surface area (Å²) in [7, 11) is 0. The summed E-state index contributed by atoms with van der Waals surface area (Å²) in [4.78, 5) is 24.8. The molecule has 32 heavy (non-hydrogen) atoms. The van der Waals surface area contributed by atoms with Crippen molar-refractivity contribution in [1.82, 2.24) is 5.32 Å². The zero-order valence-corrected chi connectivity index (χ0v) is 18.2. The standard InChI is InChI=1S/C27H27NO4/c1-17(2)24(18-10-4-3-5-11-18)25(26(29)30)28-27(31)32-16-23-21-14-8-6-12-19(21)20-13-7-9-15-22(20)23/h3-15,17,23-25H,16H2,1-2H3,(H,28,31)(H,29,30). The van der Waals surface area contributed by atoms with Crippen LogP contribution in [0.3, 0.4) is 0 Å². The van der Waals surface area contributed by atoms with Crippen molar-refractivity contribution in [1.29, 1.82) is 0 Å². The Morgan fingerprint density at radius 3 is 1.94 bits per heavy atom. The monoisotopic (exact) mass is 429 g/mol. The number of aliphatic carboxylic acids is 1. The highest BCUT2D eigenvalue weighted by molar-refractivity contribution is 5.82. The average molecular weight is 430 g/mol. The van der Waals surface area contributed by atoms with Crippen molar-refractivity contribution in [2.24, 2.45) is 5.92 Å². The molecule has 0 radical (unpaired) electrons. The Kier molecular flexibility index (Phi) is 6.26. The summed E-state index contributed by atoms with van der Waals surface area (Å²) in [5, 5.41) is 12.5. The van der Waals surface area contributed by atoms with E-state index in [9.17, 15) is 14.7 Å². The van der Waals surface area contributed by atoms with Crippen molar-refractivity contribution >= 4 is 12.1 Å². The van der Waals surface area contributed by atoms with Gasteiger partial charge in [0.05, 0.1) is 0 Å². The number of hydrogen-bond acceptors (Lipinski definition) is 3. The first-order valence-electron chi connectivity index (χ1n) is 10.9. The van der Waals surface area contributed by atoms with Gasteiger partial charge in [-0.2, -0.15) is 0 Å². The highest BCUT2D eigenvalue weighted by Crippen LogP contribution is 2.44. The number of carbonyl (C=O) groups excluding carboxylic acids is 1. The number of nitrogens with one attached hydrogen (secondary N) is 1. The Hall–Kier alpha value is -3.60. The number of benzene rings is 3. The lowest BCUT2D eigenvalue weighted by Crippen LogP contribution is -2.46. The zero-order valence-electron chi connectivity index (χ0n) is 18.2. The van der Waals surface area contributed by atoms with Gasteiger partial charge < -0.3 is 15.2 Å². The van der Waals surface area contributed by atoms with E-state index in [1.54, 1.807) is 0 Å². The Morgan fingerprint density at radius 2 is 1.41 bits per heavy atom. The number of carbonyl (C=O) groups is 2. The highest BCUT2D eigenvalue weighted by atomic mass is 16.5. The normalized spacial score (nSPS) is 14.3. The van der Waals surface area contributed by atoms with E-state index in [2.05, 4.69) is 17.4 Å². The fourth-order valence-corrected chi connectivity index (χ4v) is 4.71. The third kappa shape index (κ3) is 4.24. The predicted molar refractivity (Wildman–Crippen MR) is 124 cm³/mol. The van der Waals surface area contributed by atoms with Crippen LogP contribution in [0.4, 0.5) is 4.79 Å². The van der Waals surface area contributed by atoms with Crippen LogP contribution in [-0.2, 0) is 9.53 Å². The number of carboxylic acid groups (broad SMARTS) is 1. The lowest BCUT2D eigenvalue weighted by atomic mass is 9.82. The summed E-state index contributed by atoms with van der Waals surface area (Å²) >= 11 is 0. The lowest BCUT2D eigenvalue weighted by molar-refractivity contribution is -0.140. The first kappa shape index (κ1) is 21.6. The maximum atomic E-state index is 12.7. The van der Waals surface area contributed by atoms with E-state index in [1.807, 2.05) is 80.6 Å². The molecule has 0 heterocycles. The van der Waals surface area contributed by atoms with Crippen molar-refractivity contribution in [2.75, 3.05) is 6.61 Å². The van der Waals surface area contributed by atoms with Crippen molar-refractivity contribution in [3.8, 4) is 11.1 Å². The third-order valence-corrected chi connectivity index (χ3v) is 6.14. The van der Waals surface area contributed by atoms with Gasteiger partial charge in [0.2, 0.25) is 0 Å². The molecule has 0 bridgehead atoms. The van der Waals surface area contributed by atoms with Crippen LogP contribution >= 0.6 is 0 Å². The molecular formula is C27H27NO4. The second-order valence-corrected chi connectivity index (χ2v) is 8.47. The van der Waals surface area contributed by atoms with Crippen LogP contribution in [0, 0.1) is 5.92 Å². The lowest BCUT2D eigenvalue weighted by Gasteiger charge is -2.28. The van der Waals surface area contributed by atoms with Crippen LogP contribution in [0.1, 0.15) is 42.4 Å². The number of rotatable bonds is 7. The van der Waals surface area contributed by atoms with Gasteiger partial charge in [-0.3, -0.25) is 0 Å². The summed E-state index contributed by atoms with van der Waals surface area (Å²) < 4.78 is 5.57. The second-order valence-electron chi connectivity index (χ2n) is 8.47. The van der Waals surface area contributed by atoms with Gasteiger partial charge in [0, 0.05) is 11.8 Å². The van der Waals surface area contributed by atoms with Crippen LogP contribution < -0.4 is 5.32 Å². The minimum Gasteiger partial charge on any atom is -0.480 e. The van der Waals surface area contributed by atoms with Crippen LogP contribution in [-0.4, -0.2) is 29.8 Å². The first-order chi connectivity index (χ1) is 15.5. The number of fused-ring (bicyclic) bond motifs is 3. The Bertz CT molecular complexity index is 1060. The van der Waals surface area contributed by atoms with Crippen LogP contribution in [0.2, 0.25) is 0 Å². The number of hydrogen-bond donors (Lipinski definition) is 2. The molecule has 0 spiro atoms. The third-order valence-electron chi connectivity index (χ3n) is 6.14. The van der Waals surface area contributed by atoms with Crippen molar-refractivity contribution in [2.45, 2.75) is 31.7 Å². The first-order valence-corrected chi connectivity index (χ1v) is 10.9. The van der Waals surface area contributed by atoms with Crippen molar-refractivity contribution < 1.29 is 19.4 Å². The zero-order chi connectivity index (χ0) is 22.7. The number of alkyl carbamates (subject to hydrolysis) is 1. The van der Waals surface area contributed by atoms with Crippen LogP contribution in [0.5, 0.6) is 0 Å². The van der Waals surface area contributed by atoms with Gasteiger partial charge in [0.25, 0.3) is 0 Å². The summed E-state index contributed by atoms with van der Waals surface area (Å²) in [5.41, 5.74) is 5.38. The Balaban J connectivity index is 1.50. The van der Waals surface area contributed by atoms with E-state index in [0.717, 1.165) is 27.8 Å². The van der Waals surface area contributed by atoms with Gasteiger partial charge in [0.1, 0.15) is 12.6 Å². The van der Waals surface area contributed by atoms with Gasteiger partial charge in [-0.1, -0.05) is 92.7 Å². The molecule has 2 atom stereocenters. The number of amides is 1. The molecule has 2 N–H and O–H groups in total. The number of ether oxygens (including phenoxy) is 1. The molecule has 5 heteroatoms. The fraction of sp³-hybridized carbons (Fsp3) is 0.259. The van der Waals surface area contributed by atoms with Crippen molar-refractivity contribution in [3.63, 3.8) is 0 Å². The van der Waals surface area contributed by atoms with E-state index in [1.165, 1.54) is 0 Å². The summed E-state index contributed by atoms with van der Waals surface area (Å²) in [5.74, 6) is -1.53. The molecule has 1 amide bonds. The van der Waals surface area contributed by atoms with Gasteiger partial charge in [-0.05, 0) is 33.7 Å². The van der Waals surface area contributed by atoms with Gasteiger partial charge >= 0.3 is 12.1 Å². The smallest absolute Gasteiger partial charge is 0.407 e. The minimum atomic E-state index is -1.09. The predicted octanol–water partition coefficient (Wildman–Crippen LogP) is 5.42. The molecule has 0 fully saturated rings. The maximum Gasteiger partial charge on any atom is 0.407 e. The Labute approximate surface area is 188 Å². The van der Waals surface area contributed by atoms with E-state index in [0.29, 0.717) is 0 Å². The van der Waals surface area contributed by atoms with E-state index < -0.39 is 18.1 Å². The number of carboxylic acids is 1. The van der Waals surface area contributed by atoms with Gasteiger partial charge in [0.15, 0.2) is 0 Å². The molecular weight excluding hydrogens is 402 g/mol. The van der Waals surface area contributed by atoms with E-state index in [4.69, 9.17) is 4.74 Å². The van der Waals surface area contributed by atoms with E-state index >= 15 is 0 Å². The van der Waals surface area contributed by atoms with Crippen LogP contribution in [0.25, 0.3) is 11.1 Å². The van der Waals surface area contributed by atoms with Crippen LogP contribution in [0.15, 0.2) is 78.9 Å². The summed E-state index contributed by atoms with van der Waals surface area (Å²) in [6, 6.07) is 24.5. The molecule has 0 aliphatic heterocycles. The molecule has 4 rings (SSSR count). The molecule has 3 aromatic carbocycles. The quantitative estimate of drug-likeness (QED) is 0.526. The largest absolute Gasteiger partial charge is 0.480 e.